The van der Waals surface area contributed by atoms with Gasteiger partial charge in [-0.05, 0) is 29.5 Å². The summed E-state index contributed by atoms with van der Waals surface area (Å²) in [5, 5.41) is 1.58. The van der Waals surface area contributed by atoms with Gasteiger partial charge >= 0.3 is 6.61 Å². The molecule has 2 aromatic rings. The Bertz CT molecular complexity index is 699. The number of nitrogens with two attached hydrogens (primary N) is 1. The third kappa shape index (κ3) is 4.29. The van der Waals surface area contributed by atoms with Crippen molar-refractivity contribution < 1.29 is 18.3 Å². The summed E-state index contributed by atoms with van der Waals surface area (Å²) in [5.74, 6) is -0.0413. The van der Waals surface area contributed by atoms with Crippen molar-refractivity contribution in [2.24, 2.45) is 11.7 Å². The predicted molar refractivity (Wildman–Crippen MR) is 95.8 cm³/mol. The van der Waals surface area contributed by atoms with Gasteiger partial charge in [-0.25, -0.2) is 0 Å². The minimum absolute atomic E-state index is 0. The molecular formula is C17H19ClF2N2O2S. The van der Waals surface area contributed by atoms with Gasteiger partial charge in [0.15, 0.2) is 0 Å². The van der Waals surface area contributed by atoms with Crippen molar-refractivity contribution in [1.29, 1.82) is 0 Å². The third-order valence-electron chi connectivity index (χ3n) is 4.30. The molecule has 2 N–H and O–H groups in total. The summed E-state index contributed by atoms with van der Waals surface area (Å²) in [4.78, 5) is 14.6. The summed E-state index contributed by atoms with van der Waals surface area (Å²) in [5.41, 5.74) is 7.02. The molecule has 1 aliphatic rings. The summed E-state index contributed by atoms with van der Waals surface area (Å²) in [6.07, 6.45) is 0. The monoisotopic (exact) mass is 388 g/mol. The van der Waals surface area contributed by atoms with Crippen LogP contribution in [0.25, 0.3) is 0 Å². The number of halogens is 3. The highest BCUT2D eigenvalue weighted by Gasteiger charge is 2.36. The molecule has 8 heteroatoms. The summed E-state index contributed by atoms with van der Waals surface area (Å²) in [7, 11) is 0. The Morgan fingerprint density at radius 1 is 1.28 bits per heavy atom. The Hall–Kier alpha value is -1.70. The maximum Gasteiger partial charge on any atom is 0.387 e. The first kappa shape index (κ1) is 19.6. The van der Waals surface area contributed by atoms with E-state index in [0.717, 1.165) is 16.9 Å². The molecule has 0 unspecified atom stereocenters. The maximum atomic E-state index is 12.7. The van der Waals surface area contributed by atoms with Gasteiger partial charge in [0.25, 0.3) is 5.91 Å². The van der Waals surface area contributed by atoms with E-state index in [1.807, 2.05) is 30.3 Å². The van der Waals surface area contributed by atoms with Crippen LogP contribution in [0, 0.1) is 5.92 Å². The van der Waals surface area contributed by atoms with Gasteiger partial charge in [0.1, 0.15) is 10.6 Å². The molecule has 4 nitrogen and oxygen atoms in total. The van der Waals surface area contributed by atoms with Crippen LogP contribution in [0.5, 0.6) is 5.75 Å². The fraction of sp³-hybridized carbons (Fsp3) is 0.353. The third-order valence-corrected chi connectivity index (χ3v) is 5.18. The van der Waals surface area contributed by atoms with Crippen LogP contribution in [-0.2, 0) is 0 Å². The number of hydrogen-bond acceptors (Lipinski definition) is 4. The van der Waals surface area contributed by atoms with E-state index in [1.54, 1.807) is 10.3 Å². The standard InChI is InChI=1S/C17H18F2N2O2S.ClH/c18-17(19)23-14-6-7-24-15(14)16(22)21-9-12(8-20)13(10-21)11-4-2-1-3-5-11;/h1-7,12-13,17H,8-10,20H2;1H/t12-,13+;/m1./s1. The Kier molecular flexibility index (Phi) is 6.75. The number of carbonyl (C=O) groups excluding carboxylic acids is 1. The predicted octanol–water partition coefficient (Wildman–Crippen LogP) is 3.59. The number of amides is 1. The van der Waals surface area contributed by atoms with Crippen molar-refractivity contribution >= 4 is 29.7 Å². The minimum Gasteiger partial charge on any atom is -0.433 e. The second kappa shape index (κ2) is 8.60. The number of likely N-dealkylation sites (tertiary alicyclic amines) is 1. The lowest BCUT2D eigenvalue weighted by molar-refractivity contribution is -0.0499. The zero-order valence-electron chi connectivity index (χ0n) is 13.3. The van der Waals surface area contributed by atoms with Crippen molar-refractivity contribution in [1.82, 2.24) is 4.90 Å². The number of hydrogen-bond donors (Lipinski definition) is 1. The Morgan fingerprint density at radius 2 is 2.00 bits per heavy atom. The highest BCUT2D eigenvalue weighted by Crippen LogP contribution is 2.35. The molecule has 0 bridgehead atoms. The summed E-state index contributed by atoms with van der Waals surface area (Å²) < 4.78 is 29.4. The number of ether oxygens (including phenoxy) is 1. The van der Waals surface area contributed by atoms with Crippen molar-refractivity contribution in [2.75, 3.05) is 19.6 Å². The molecule has 1 saturated heterocycles. The van der Waals surface area contributed by atoms with Crippen LogP contribution >= 0.6 is 23.7 Å². The fourth-order valence-corrected chi connectivity index (χ4v) is 3.93. The Balaban J connectivity index is 0.00000225. The zero-order valence-corrected chi connectivity index (χ0v) is 14.9. The van der Waals surface area contributed by atoms with E-state index < -0.39 is 6.61 Å². The lowest BCUT2D eigenvalue weighted by atomic mass is 9.89. The zero-order chi connectivity index (χ0) is 17.1. The van der Waals surface area contributed by atoms with Crippen LogP contribution in [0.15, 0.2) is 41.8 Å². The number of rotatable bonds is 5. The van der Waals surface area contributed by atoms with E-state index in [9.17, 15) is 13.6 Å². The molecule has 0 radical (unpaired) electrons. The molecule has 1 aliphatic heterocycles. The molecule has 2 atom stereocenters. The van der Waals surface area contributed by atoms with E-state index in [1.165, 1.54) is 6.07 Å². The van der Waals surface area contributed by atoms with Gasteiger partial charge in [-0.3, -0.25) is 4.79 Å². The minimum atomic E-state index is -2.95. The van der Waals surface area contributed by atoms with Crippen molar-refractivity contribution in [3.05, 3.63) is 52.2 Å². The van der Waals surface area contributed by atoms with Gasteiger partial charge in [0.2, 0.25) is 0 Å². The van der Waals surface area contributed by atoms with Gasteiger partial charge in [0.05, 0.1) is 0 Å². The van der Waals surface area contributed by atoms with E-state index in [-0.39, 0.29) is 40.8 Å². The van der Waals surface area contributed by atoms with Gasteiger partial charge < -0.3 is 15.4 Å². The quantitative estimate of drug-likeness (QED) is 0.851. The first-order valence-electron chi connectivity index (χ1n) is 7.66. The molecule has 0 spiro atoms. The average molecular weight is 389 g/mol. The second-order valence-corrected chi connectivity index (χ2v) is 6.63. The molecule has 0 saturated carbocycles. The smallest absolute Gasteiger partial charge is 0.387 e. The summed E-state index contributed by atoms with van der Waals surface area (Å²) in [6, 6.07) is 11.3. The lowest BCUT2D eigenvalue weighted by Gasteiger charge is -2.17. The van der Waals surface area contributed by atoms with E-state index in [4.69, 9.17) is 5.73 Å². The molecule has 25 heavy (non-hydrogen) atoms. The van der Waals surface area contributed by atoms with Crippen LogP contribution < -0.4 is 10.5 Å². The van der Waals surface area contributed by atoms with Gasteiger partial charge in [-0.15, -0.1) is 23.7 Å². The summed E-state index contributed by atoms with van der Waals surface area (Å²) >= 11 is 1.11. The number of benzene rings is 1. The molecule has 3 rings (SSSR count). The lowest BCUT2D eigenvalue weighted by Crippen LogP contribution is -2.29. The molecule has 1 aromatic carbocycles. The van der Waals surface area contributed by atoms with E-state index in [0.29, 0.717) is 19.6 Å². The van der Waals surface area contributed by atoms with Crippen molar-refractivity contribution in [3.63, 3.8) is 0 Å². The van der Waals surface area contributed by atoms with Crippen LogP contribution in [0.2, 0.25) is 0 Å². The Labute approximate surface area is 155 Å². The van der Waals surface area contributed by atoms with Gasteiger partial charge in [0, 0.05) is 19.0 Å². The maximum absolute atomic E-state index is 12.7. The van der Waals surface area contributed by atoms with Crippen molar-refractivity contribution in [2.45, 2.75) is 12.5 Å². The van der Waals surface area contributed by atoms with Gasteiger partial charge in [-0.1, -0.05) is 30.3 Å². The fourth-order valence-electron chi connectivity index (χ4n) is 3.14. The number of nitrogens with zero attached hydrogens (tertiary/aromatic N) is 1. The highest BCUT2D eigenvalue weighted by atomic mass is 35.5. The average Bonchev–Trinajstić information content (AvgIpc) is 3.21. The van der Waals surface area contributed by atoms with Crippen LogP contribution in [-0.4, -0.2) is 37.1 Å². The topological polar surface area (TPSA) is 55.6 Å². The van der Waals surface area contributed by atoms with Crippen LogP contribution in [0.1, 0.15) is 21.2 Å². The van der Waals surface area contributed by atoms with Gasteiger partial charge in [-0.2, -0.15) is 8.78 Å². The molecular weight excluding hydrogens is 370 g/mol. The molecule has 1 aromatic heterocycles. The molecule has 0 aliphatic carbocycles. The highest BCUT2D eigenvalue weighted by molar-refractivity contribution is 7.12. The van der Waals surface area contributed by atoms with Crippen molar-refractivity contribution in [3.8, 4) is 5.75 Å². The largest absolute Gasteiger partial charge is 0.433 e. The van der Waals surface area contributed by atoms with Crippen LogP contribution in [0.4, 0.5) is 8.78 Å². The van der Waals surface area contributed by atoms with E-state index in [2.05, 4.69) is 4.74 Å². The molecule has 2 heterocycles. The van der Waals surface area contributed by atoms with Crippen LogP contribution in [0.3, 0.4) is 0 Å². The molecule has 136 valence electrons. The first-order valence-corrected chi connectivity index (χ1v) is 8.54. The number of alkyl halides is 2. The first-order chi connectivity index (χ1) is 11.6. The van der Waals surface area contributed by atoms with E-state index >= 15 is 0 Å². The number of carbonyl (C=O) groups is 1. The SMILES string of the molecule is Cl.NC[C@@H]1CN(C(=O)c2sccc2OC(F)F)C[C@H]1c1ccccc1. The second-order valence-electron chi connectivity index (χ2n) is 5.72. The number of thiophene rings is 1. The summed E-state index contributed by atoms with van der Waals surface area (Å²) in [6.45, 7) is -1.44. The molecule has 1 amide bonds. The Morgan fingerprint density at radius 3 is 2.64 bits per heavy atom. The molecule has 1 fully saturated rings. The normalized spacial score (nSPS) is 19.8.